The molecule has 0 aliphatic carbocycles. The number of benzene rings is 2. The average Bonchev–Trinajstić information content (AvgIpc) is 3.20. The number of carbonyl (C=O) groups excluding carboxylic acids is 2. The van der Waals surface area contributed by atoms with Crippen LogP contribution < -0.4 is 10.1 Å². The summed E-state index contributed by atoms with van der Waals surface area (Å²) in [6.45, 7) is 1.80. The predicted molar refractivity (Wildman–Crippen MR) is 100 cm³/mol. The lowest BCUT2D eigenvalue weighted by Crippen LogP contribution is -2.38. The van der Waals surface area contributed by atoms with Crippen LogP contribution in [0.3, 0.4) is 0 Å². The van der Waals surface area contributed by atoms with Gasteiger partial charge >= 0.3 is 0 Å². The zero-order chi connectivity index (χ0) is 18.4. The Balaban J connectivity index is 1.61. The molecule has 2 amide bonds. The number of halogens is 1. The van der Waals surface area contributed by atoms with Gasteiger partial charge in [-0.25, -0.2) is 0 Å². The SMILES string of the molecule is O=C(NCC(=O)N1CCCC1)c1ccccc1OCc1ccccc1Cl. The van der Waals surface area contributed by atoms with Crippen molar-refractivity contribution in [3.8, 4) is 5.75 Å². The number of hydrogen-bond acceptors (Lipinski definition) is 3. The molecule has 0 aromatic heterocycles. The minimum Gasteiger partial charge on any atom is -0.488 e. The lowest BCUT2D eigenvalue weighted by Gasteiger charge is -2.16. The van der Waals surface area contributed by atoms with Gasteiger partial charge in [-0.3, -0.25) is 9.59 Å². The average molecular weight is 373 g/mol. The summed E-state index contributed by atoms with van der Waals surface area (Å²) in [5, 5.41) is 3.31. The zero-order valence-electron chi connectivity index (χ0n) is 14.4. The number of nitrogens with one attached hydrogen (secondary N) is 1. The van der Waals surface area contributed by atoms with E-state index in [-0.39, 0.29) is 25.0 Å². The maximum absolute atomic E-state index is 12.5. The molecule has 1 saturated heterocycles. The van der Waals surface area contributed by atoms with E-state index in [9.17, 15) is 9.59 Å². The van der Waals surface area contributed by atoms with Crippen LogP contribution in [0.4, 0.5) is 0 Å². The second-order valence-electron chi connectivity index (χ2n) is 6.15. The quantitative estimate of drug-likeness (QED) is 0.846. The first-order valence-electron chi connectivity index (χ1n) is 8.66. The molecule has 0 atom stereocenters. The van der Waals surface area contributed by atoms with E-state index in [2.05, 4.69) is 5.32 Å². The van der Waals surface area contributed by atoms with Crippen molar-refractivity contribution in [1.29, 1.82) is 0 Å². The van der Waals surface area contributed by atoms with Gasteiger partial charge in [0.25, 0.3) is 5.91 Å². The Hall–Kier alpha value is -2.53. The fourth-order valence-electron chi connectivity index (χ4n) is 2.88. The van der Waals surface area contributed by atoms with E-state index in [1.165, 1.54) is 0 Å². The monoisotopic (exact) mass is 372 g/mol. The van der Waals surface area contributed by atoms with Crippen LogP contribution in [0.15, 0.2) is 48.5 Å². The van der Waals surface area contributed by atoms with Gasteiger partial charge in [-0.1, -0.05) is 41.9 Å². The topological polar surface area (TPSA) is 58.6 Å². The number of amides is 2. The summed E-state index contributed by atoms with van der Waals surface area (Å²) in [5.74, 6) is 0.0798. The molecule has 26 heavy (non-hydrogen) atoms. The molecule has 6 heteroatoms. The Kier molecular flexibility index (Phi) is 6.12. The number of ether oxygens (including phenoxy) is 1. The fourth-order valence-corrected chi connectivity index (χ4v) is 3.07. The maximum atomic E-state index is 12.5. The van der Waals surface area contributed by atoms with Crippen LogP contribution in [0.25, 0.3) is 0 Å². The number of likely N-dealkylation sites (tertiary alicyclic amines) is 1. The van der Waals surface area contributed by atoms with Crippen molar-refractivity contribution in [2.24, 2.45) is 0 Å². The van der Waals surface area contributed by atoms with Crippen LogP contribution in [-0.4, -0.2) is 36.3 Å². The number of carbonyl (C=O) groups is 2. The summed E-state index contributed by atoms with van der Waals surface area (Å²) in [6.07, 6.45) is 2.05. The van der Waals surface area contributed by atoms with Gasteiger partial charge in [0, 0.05) is 23.7 Å². The van der Waals surface area contributed by atoms with Gasteiger partial charge in [0.2, 0.25) is 5.91 Å². The van der Waals surface area contributed by atoms with Crippen molar-refractivity contribution >= 4 is 23.4 Å². The molecule has 3 rings (SSSR count). The summed E-state index contributed by atoms with van der Waals surface area (Å²) in [4.78, 5) is 26.3. The van der Waals surface area contributed by atoms with E-state index >= 15 is 0 Å². The van der Waals surface area contributed by atoms with Crippen molar-refractivity contribution in [3.05, 3.63) is 64.7 Å². The van der Waals surface area contributed by atoms with Crippen LogP contribution in [-0.2, 0) is 11.4 Å². The highest BCUT2D eigenvalue weighted by molar-refractivity contribution is 6.31. The van der Waals surface area contributed by atoms with Crippen LogP contribution in [0.5, 0.6) is 5.75 Å². The minimum absolute atomic E-state index is 0.00230. The molecule has 0 unspecified atom stereocenters. The molecule has 1 fully saturated rings. The third-order valence-electron chi connectivity index (χ3n) is 4.33. The third-order valence-corrected chi connectivity index (χ3v) is 4.70. The van der Waals surface area contributed by atoms with Crippen LogP contribution >= 0.6 is 11.6 Å². The molecule has 0 spiro atoms. The van der Waals surface area contributed by atoms with E-state index in [0.717, 1.165) is 31.5 Å². The normalized spacial score (nSPS) is 13.5. The molecule has 136 valence electrons. The smallest absolute Gasteiger partial charge is 0.255 e. The second kappa shape index (κ2) is 8.72. The van der Waals surface area contributed by atoms with Crippen LogP contribution in [0.1, 0.15) is 28.8 Å². The van der Waals surface area contributed by atoms with Crippen molar-refractivity contribution in [2.75, 3.05) is 19.6 Å². The van der Waals surface area contributed by atoms with Gasteiger partial charge in [-0.05, 0) is 31.0 Å². The molecule has 5 nitrogen and oxygen atoms in total. The minimum atomic E-state index is -0.327. The highest BCUT2D eigenvalue weighted by Gasteiger charge is 2.19. The maximum Gasteiger partial charge on any atom is 0.255 e. The van der Waals surface area contributed by atoms with Crippen molar-refractivity contribution in [3.63, 3.8) is 0 Å². The van der Waals surface area contributed by atoms with Gasteiger partial charge in [0.05, 0.1) is 12.1 Å². The highest BCUT2D eigenvalue weighted by atomic mass is 35.5. The van der Waals surface area contributed by atoms with E-state index < -0.39 is 0 Å². The molecular weight excluding hydrogens is 352 g/mol. The van der Waals surface area contributed by atoms with Gasteiger partial charge in [0.1, 0.15) is 12.4 Å². The lowest BCUT2D eigenvalue weighted by molar-refractivity contribution is -0.129. The predicted octanol–water partition coefficient (Wildman–Crippen LogP) is 3.27. The summed E-state index contributed by atoms with van der Waals surface area (Å²) >= 11 is 6.14. The summed E-state index contributed by atoms with van der Waals surface area (Å²) in [5.41, 5.74) is 1.24. The number of nitrogens with zero attached hydrogens (tertiary/aromatic N) is 1. The van der Waals surface area contributed by atoms with Gasteiger partial charge in [0.15, 0.2) is 0 Å². The lowest BCUT2D eigenvalue weighted by atomic mass is 10.2. The Labute approximate surface area is 157 Å². The van der Waals surface area contributed by atoms with E-state index in [1.807, 2.05) is 18.2 Å². The number of para-hydroxylation sites is 1. The molecule has 1 aliphatic heterocycles. The largest absolute Gasteiger partial charge is 0.488 e. The number of rotatable bonds is 6. The molecular formula is C20H21ClN2O3. The van der Waals surface area contributed by atoms with Gasteiger partial charge in [-0.15, -0.1) is 0 Å². The van der Waals surface area contributed by atoms with E-state index in [0.29, 0.717) is 16.3 Å². The Morgan fingerprint density at radius 2 is 1.73 bits per heavy atom. The summed E-state index contributed by atoms with van der Waals surface area (Å²) < 4.78 is 5.79. The van der Waals surface area contributed by atoms with Gasteiger partial charge in [-0.2, -0.15) is 0 Å². The Morgan fingerprint density at radius 1 is 1.04 bits per heavy atom. The molecule has 1 aliphatic rings. The van der Waals surface area contributed by atoms with Gasteiger partial charge < -0.3 is 15.0 Å². The van der Waals surface area contributed by atoms with Crippen LogP contribution in [0.2, 0.25) is 5.02 Å². The van der Waals surface area contributed by atoms with Crippen LogP contribution in [0, 0.1) is 0 Å². The van der Waals surface area contributed by atoms with E-state index in [1.54, 1.807) is 35.2 Å². The summed E-state index contributed by atoms with van der Waals surface area (Å²) in [7, 11) is 0. The summed E-state index contributed by atoms with van der Waals surface area (Å²) in [6, 6.07) is 14.4. The molecule has 1 N–H and O–H groups in total. The first-order valence-corrected chi connectivity index (χ1v) is 9.04. The number of hydrogen-bond donors (Lipinski definition) is 1. The molecule has 1 heterocycles. The van der Waals surface area contributed by atoms with Crippen molar-refractivity contribution < 1.29 is 14.3 Å². The van der Waals surface area contributed by atoms with Crippen molar-refractivity contribution in [2.45, 2.75) is 19.4 Å². The highest BCUT2D eigenvalue weighted by Crippen LogP contribution is 2.22. The Morgan fingerprint density at radius 3 is 2.50 bits per heavy atom. The first kappa shape index (κ1) is 18.3. The Bertz CT molecular complexity index is 788. The molecule has 2 aromatic carbocycles. The van der Waals surface area contributed by atoms with Crippen molar-refractivity contribution in [1.82, 2.24) is 10.2 Å². The molecule has 2 aromatic rings. The zero-order valence-corrected chi connectivity index (χ0v) is 15.2. The second-order valence-corrected chi connectivity index (χ2v) is 6.55. The fraction of sp³-hybridized carbons (Fsp3) is 0.300. The molecule has 0 saturated carbocycles. The van der Waals surface area contributed by atoms with E-state index in [4.69, 9.17) is 16.3 Å². The molecule has 0 bridgehead atoms. The molecule has 0 radical (unpaired) electrons. The first-order chi connectivity index (χ1) is 12.6. The standard InChI is InChI=1S/C20H21ClN2O3/c21-17-9-3-1-7-15(17)14-26-18-10-4-2-8-16(18)20(25)22-13-19(24)23-11-5-6-12-23/h1-4,7-10H,5-6,11-14H2,(H,22,25). The third kappa shape index (κ3) is 4.55.